The molecule has 2 N–H and O–H groups in total. The zero-order chi connectivity index (χ0) is 16.9. The quantitative estimate of drug-likeness (QED) is 0.659. The summed E-state index contributed by atoms with van der Waals surface area (Å²) in [5, 5.41) is 12.0. The maximum absolute atomic E-state index is 12.9. The predicted molar refractivity (Wildman–Crippen MR) is 93.3 cm³/mol. The van der Waals surface area contributed by atoms with Gasteiger partial charge in [0.25, 0.3) is 0 Å². The van der Waals surface area contributed by atoms with Gasteiger partial charge in [0.2, 0.25) is 11.1 Å². The number of carbonyl (C=O) groups is 1. The van der Waals surface area contributed by atoms with Crippen molar-refractivity contribution in [2.24, 2.45) is 0 Å². The predicted octanol–water partition coefficient (Wildman–Crippen LogP) is 3.47. The van der Waals surface area contributed by atoms with E-state index in [-0.39, 0.29) is 17.0 Å². The van der Waals surface area contributed by atoms with Gasteiger partial charge in [0.05, 0.1) is 10.1 Å². The van der Waals surface area contributed by atoms with E-state index >= 15 is 0 Å². The molecule has 2 heterocycles. The summed E-state index contributed by atoms with van der Waals surface area (Å²) < 4.78 is 12.9. The number of nitrogens with zero attached hydrogens (tertiary/aromatic N) is 2. The van der Waals surface area contributed by atoms with Crippen molar-refractivity contribution < 1.29 is 9.18 Å². The molecule has 0 spiro atoms. The van der Waals surface area contributed by atoms with Crippen molar-refractivity contribution in [3.8, 4) is 10.7 Å². The molecule has 0 aliphatic heterocycles. The second-order valence-electron chi connectivity index (χ2n) is 5.05. The lowest BCUT2D eigenvalue weighted by Gasteiger charge is -2.10. The molecule has 0 saturated heterocycles. The van der Waals surface area contributed by atoms with Gasteiger partial charge in [0.1, 0.15) is 5.82 Å². The summed E-state index contributed by atoms with van der Waals surface area (Å²) in [6, 6.07) is 9.95. The van der Waals surface area contributed by atoms with Crippen LogP contribution in [0.25, 0.3) is 10.7 Å². The molecule has 0 unspecified atom stereocenters. The summed E-state index contributed by atoms with van der Waals surface area (Å²) in [5.41, 5.74) is 0.847. The normalized spacial score (nSPS) is 12.1. The number of rotatable bonds is 6. The molecule has 3 rings (SSSR count). The SMILES string of the molecule is C[C@H](Sc1n[nH]c(-c2cccs2)n1)C(=O)NCc1ccc(F)cc1. The number of carbonyl (C=O) groups excluding carboxylic acids is 1. The molecule has 24 heavy (non-hydrogen) atoms. The van der Waals surface area contributed by atoms with Crippen LogP contribution in [0.2, 0.25) is 0 Å². The third kappa shape index (κ3) is 4.21. The first-order valence-corrected chi connectivity index (χ1v) is 9.03. The van der Waals surface area contributed by atoms with E-state index in [2.05, 4.69) is 20.5 Å². The number of amides is 1. The Hall–Kier alpha value is -2.19. The Balaban J connectivity index is 1.53. The van der Waals surface area contributed by atoms with Crippen molar-refractivity contribution >= 4 is 29.0 Å². The minimum atomic E-state index is -0.336. The molecule has 0 aliphatic carbocycles. The highest BCUT2D eigenvalue weighted by Crippen LogP contribution is 2.25. The lowest BCUT2D eigenvalue weighted by atomic mass is 10.2. The van der Waals surface area contributed by atoms with E-state index in [1.54, 1.807) is 30.4 Å². The second kappa shape index (κ2) is 7.59. The summed E-state index contributed by atoms with van der Waals surface area (Å²) in [6.45, 7) is 2.16. The molecule has 3 aromatic rings. The van der Waals surface area contributed by atoms with E-state index in [4.69, 9.17) is 0 Å². The van der Waals surface area contributed by atoms with Gasteiger partial charge in [-0.3, -0.25) is 9.89 Å². The van der Waals surface area contributed by atoms with Crippen LogP contribution in [0.4, 0.5) is 4.39 Å². The van der Waals surface area contributed by atoms with Gasteiger partial charge in [-0.1, -0.05) is 30.0 Å². The highest BCUT2D eigenvalue weighted by molar-refractivity contribution is 8.00. The number of benzene rings is 1. The first-order chi connectivity index (χ1) is 11.6. The number of H-pyrrole nitrogens is 1. The van der Waals surface area contributed by atoms with E-state index in [9.17, 15) is 9.18 Å². The van der Waals surface area contributed by atoms with Crippen molar-refractivity contribution in [1.29, 1.82) is 0 Å². The standard InChI is InChI=1S/C16H15FN4OS2/c1-10(15(22)18-9-11-4-6-12(17)7-5-11)24-16-19-14(20-21-16)13-3-2-8-23-13/h2-8,10H,9H2,1H3,(H,18,22)(H,19,20,21)/t10-/m0/s1. The Labute approximate surface area is 146 Å². The lowest BCUT2D eigenvalue weighted by molar-refractivity contribution is -0.120. The van der Waals surface area contributed by atoms with Crippen LogP contribution in [0.5, 0.6) is 0 Å². The zero-order valence-corrected chi connectivity index (χ0v) is 14.5. The fraction of sp³-hybridized carbons (Fsp3) is 0.188. The van der Waals surface area contributed by atoms with Gasteiger partial charge in [-0.15, -0.1) is 16.4 Å². The first kappa shape index (κ1) is 16.7. The van der Waals surface area contributed by atoms with Crippen LogP contribution in [0, 0.1) is 5.82 Å². The Bertz CT molecular complexity index is 802. The number of halogens is 1. The van der Waals surface area contributed by atoms with Gasteiger partial charge in [-0.05, 0) is 36.1 Å². The van der Waals surface area contributed by atoms with Gasteiger partial charge in [0.15, 0.2) is 5.82 Å². The highest BCUT2D eigenvalue weighted by Gasteiger charge is 2.17. The van der Waals surface area contributed by atoms with E-state index in [0.717, 1.165) is 10.4 Å². The van der Waals surface area contributed by atoms with Crippen LogP contribution in [-0.2, 0) is 11.3 Å². The third-order valence-corrected chi connectivity index (χ3v) is 5.09. The van der Waals surface area contributed by atoms with E-state index in [0.29, 0.717) is 17.5 Å². The summed E-state index contributed by atoms with van der Waals surface area (Å²) in [6.07, 6.45) is 0. The largest absolute Gasteiger partial charge is 0.351 e. The van der Waals surface area contributed by atoms with Crippen LogP contribution in [0.15, 0.2) is 46.9 Å². The topological polar surface area (TPSA) is 70.7 Å². The summed E-state index contributed by atoms with van der Waals surface area (Å²) in [4.78, 5) is 17.5. The van der Waals surface area contributed by atoms with Crippen LogP contribution in [-0.4, -0.2) is 26.3 Å². The van der Waals surface area contributed by atoms with Crippen molar-refractivity contribution in [2.75, 3.05) is 0 Å². The maximum Gasteiger partial charge on any atom is 0.233 e. The molecule has 0 aliphatic rings. The number of nitrogens with one attached hydrogen (secondary N) is 2. The lowest BCUT2D eigenvalue weighted by Crippen LogP contribution is -2.30. The van der Waals surface area contributed by atoms with Crippen molar-refractivity contribution in [3.05, 3.63) is 53.2 Å². The van der Waals surface area contributed by atoms with Gasteiger partial charge in [-0.2, -0.15) is 0 Å². The minimum Gasteiger partial charge on any atom is -0.351 e. The molecule has 8 heteroatoms. The molecule has 1 aromatic carbocycles. The van der Waals surface area contributed by atoms with Gasteiger partial charge >= 0.3 is 0 Å². The van der Waals surface area contributed by atoms with E-state index in [1.807, 2.05) is 17.5 Å². The number of aromatic amines is 1. The van der Waals surface area contributed by atoms with Crippen LogP contribution >= 0.6 is 23.1 Å². The molecule has 0 fully saturated rings. The van der Waals surface area contributed by atoms with Crippen LogP contribution in [0.3, 0.4) is 0 Å². The average molecular weight is 362 g/mol. The minimum absolute atomic E-state index is 0.119. The Morgan fingerprint density at radius 2 is 2.17 bits per heavy atom. The Morgan fingerprint density at radius 1 is 1.38 bits per heavy atom. The molecule has 124 valence electrons. The molecular formula is C16H15FN4OS2. The number of aromatic nitrogens is 3. The van der Waals surface area contributed by atoms with Crippen molar-refractivity contribution in [2.45, 2.75) is 23.9 Å². The van der Waals surface area contributed by atoms with Crippen LogP contribution < -0.4 is 5.32 Å². The zero-order valence-electron chi connectivity index (χ0n) is 12.8. The number of hydrogen-bond acceptors (Lipinski definition) is 5. The molecule has 5 nitrogen and oxygen atoms in total. The average Bonchev–Trinajstić information content (AvgIpc) is 3.25. The molecule has 0 saturated carbocycles. The number of thiophene rings is 1. The third-order valence-electron chi connectivity index (χ3n) is 3.25. The molecule has 0 bridgehead atoms. The second-order valence-corrected chi connectivity index (χ2v) is 7.30. The molecular weight excluding hydrogens is 347 g/mol. The summed E-state index contributed by atoms with van der Waals surface area (Å²) >= 11 is 2.86. The fourth-order valence-electron chi connectivity index (χ4n) is 1.97. The first-order valence-electron chi connectivity index (χ1n) is 7.27. The fourth-order valence-corrected chi connectivity index (χ4v) is 3.38. The van der Waals surface area contributed by atoms with Crippen molar-refractivity contribution in [1.82, 2.24) is 20.5 Å². The number of thioether (sulfide) groups is 1. The van der Waals surface area contributed by atoms with E-state index in [1.165, 1.54) is 23.9 Å². The van der Waals surface area contributed by atoms with Gasteiger partial charge in [0, 0.05) is 6.54 Å². The number of hydrogen-bond donors (Lipinski definition) is 2. The summed E-state index contributed by atoms with van der Waals surface area (Å²) in [5.74, 6) is 0.290. The molecule has 1 atom stereocenters. The van der Waals surface area contributed by atoms with Crippen molar-refractivity contribution in [3.63, 3.8) is 0 Å². The van der Waals surface area contributed by atoms with Gasteiger partial charge in [-0.25, -0.2) is 9.37 Å². The smallest absolute Gasteiger partial charge is 0.233 e. The highest BCUT2D eigenvalue weighted by atomic mass is 32.2. The maximum atomic E-state index is 12.9. The Kier molecular flexibility index (Phi) is 5.27. The molecule has 2 aromatic heterocycles. The molecule has 1 amide bonds. The van der Waals surface area contributed by atoms with E-state index < -0.39 is 0 Å². The van der Waals surface area contributed by atoms with Gasteiger partial charge < -0.3 is 5.32 Å². The van der Waals surface area contributed by atoms with Crippen LogP contribution in [0.1, 0.15) is 12.5 Å². The Morgan fingerprint density at radius 3 is 2.88 bits per heavy atom. The summed E-state index contributed by atoms with van der Waals surface area (Å²) in [7, 11) is 0. The molecule has 0 radical (unpaired) electrons. The monoisotopic (exact) mass is 362 g/mol.